The Labute approximate surface area is 233 Å². The first-order valence-electron chi connectivity index (χ1n) is 13.2. The van der Waals surface area contributed by atoms with Gasteiger partial charge in [0.05, 0.1) is 11.4 Å². The van der Waals surface area contributed by atoms with Crippen LogP contribution < -0.4 is 21.1 Å². The van der Waals surface area contributed by atoms with Crippen molar-refractivity contribution in [3.05, 3.63) is 123 Å². The van der Waals surface area contributed by atoms with E-state index >= 15 is 0 Å². The summed E-state index contributed by atoms with van der Waals surface area (Å²) in [5.41, 5.74) is 2.49. The van der Waals surface area contributed by atoms with Crippen molar-refractivity contribution in [3.8, 4) is 0 Å². The van der Waals surface area contributed by atoms with Crippen molar-refractivity contribution < 1.29 is 22.8 Å². The molecule has 4 aromatic rings. The molecule has 2 bridgehead atoms. The molecule has 2 N–H and O–H groups in total. The van der Waals surface area contributed by atoms with E-state index in [1.165, 1.54) is 36.4 Å². The molecule has 3 aromatic carbocycles. The summed E-state index contributed by atoms with van der Waals surface area (Å²) in [4.78, 5) is 40.8. The Bertz CT molecular complexity index is 1720. The van der Waals surface area contributed by atoms with E-state index in [-0.39, 0.29) is 34.2 Å². The molecular weight excluding hydrogens is 533 g/mol. The number of piperidine rings is 1. The van der Waals surface area contributed by atoms with Crippen molar-refractivity contribution >= 4 is 28.9 Å². The number of amides is 2. The molecule has 0 aliphatic carbocycles. The summed E-state index contributed by atoms with van der Waals surface area (Å²) in [6.45, 7) is 1.82. The van der Waals surface area contributed by atoms with Crippen molar-refractivity contribution in [1.29, 1.82) is 0 Å². The van der Waals surface area contributed by atoms with Crippen LogP contribution in [0.2, 0.25) is 0 Å². The molecule has 10 heteroatoms. The Balaban J connectivity index is 1.32. The number of fused-ring (bicyclic) bond motifs is 4. The number of nitrogens with one attached hydrogen (secondary N) is 2. The lowest BCUT2D eigenvalue weighted by Crippen LogP contribution is -2.47. The first-order valence-corrected chi connectivity index (χ1v) is 13.2. The fourth-order valence-corrected chi connectivity index (χ4v) is 5.72. The van der Waals surface area contributed by atoms with Crippen LogP contribution in [0.25, 0.3) is 0 Å². The fraction of sp³-hybridized carbons (Fsp3) is 0.194. The van der Waals surface area contributed by atoms with E-state index in [2.05, 4.69) is 15.5 Å². The number of nitrogens with zero attached hydrogens (tertiary/aromatic N) is 2. The van der Waals surface area contributed by atoms with Crippen molar-refractivity contribution in [2.45, 2.75) is 18.9 Å². The zero-order valence-corrected chi connectivity index (χ0v) is 21.7. The van der Waals surface area contributed by atoms with Gasteiger partial charge in [0, 0.05) is 60.2 Å². The second-order valence-electron chi connectivity index (χ2n) is 10.4. The maximum atomic E-state index is 13.7. The van der Waals surface area contributed by atoms with E-state index in [9.17, 15) is 27.6 Å². The van der Waals surface area contributed by atoms with Gasteiger partial charge in [-0.1, -0.05) is 6.07 Å². The molecule has 0 spiro atoms. The minimum absolute atomic E-state index is 0.0192. The molecule has 2 atom stereocenters. The van der Waals surface area contributed by atoms with E-state index in [1.807, 2.05) is 10.6 Å². The standard InChI is InChI=1S/C31H25F3N4O3/c32-22-7-4-19(5-8-22)30(40)36-26-13-20(31(41)35-23-9-10-24(33)25(34)14-23)6-11-28(26)37-15-18-12-21(17-37)27-2-1-3-29(39)38(27)16-18/h1-11,13-14,18,21H,12,15-17H2,(H,35,41)(H,36,40). The fourth-order valence-electron chi connectivity index (χ4n) is 5.72. The van der Waals surface area contributed by atoms with Crippen LogP contribution in [0.3, 0.4) is 0 Å². The molecule has 0 saturated carbocycles. The highest BCUT2D eigenvalue weighted by Gasteiger charge is 2.35. The molecule has 0 radical (unpaired) electrons. The number of pyridine rings is 1. The van der Waals surface area contributed by atoms with E-state index in [0.29, 0.717) is 31.0 Å². The van der Waals surface area contributed by atoms with Gasteiger partial charge in [0.15, 0.2) is 11.6 Å². The van der Waals surface area contributed by atoms with Crippen molar-refractivity contribution in [2.75, 3.05) is 28.6 Å². The number of benzene rings is 3. The Morgan fingerprint density at radius 3 is 2.29 bits per heavy atom. The zero-order valence-electron chi connectivity index (χ0n) is 21.7. The van der Waals surface area contributed by atoms with Crippen LogP contribution in [0.1, 0.15) is 38.7 Å². The van der Waals surface area contributed by atoms with Gasteiger partial charge < -0.3 is 20.1 Å². The highest BCUT2D eigenvalue weighted by atomic mass is 19.2. The quantitative estimate of drug-likeness (QED) is 0.344. The second-order valence-corrected chi connectivity index (χ2v) is 10.4. The number of hydrogen-bond donors (Lipinski definition) is 2. The third-order valence-electron chi connectivity index (χ3n) is 7.61. The average molecular weight is 559 g/mol. The molecule has 41 heavy (non-hydrogen) atoms. The Morgan fingerprint density at radius 2 is 1.51 bits per heavy atom. The topological polar surface area (TPSA) is 83.4 Å². The minimum atomic E-state index is -1.09. The highest BCUT2D eigenvalue weighted by molar-refractivity contribution is 6.09. The molecular formula is C31H25F3N4O3. The Kier molecular flexibility index (Phi) is 6.82. The van der Waals surface area contributed by atoms with Crippen molar-refractivity contribution in [3.63, 3.8) is 0 Å². The van der Waals surface area contributed by atoms with Crippen LogP contribution in [-0.4, -0.2) is 29.5 Å². The van der Waals surface area contributed by atoms with Gasteiger partial charge in [-0.25, -0.2) is 13.2 Å². The Morgan fingerprint density at radius 1 is 0.756 bits per heavy atom. The molecule has 2 unspecified atom stereocenters. The van der Waals surface area contributed by atoms with Crippen molar-refractivity contribution in [1.82, 2.24) is 4.57 Å². The number of carbonyl (C=O) groups is 2. The molecule has 1 aromatic heterocycles. The number of halogens is 3. The summed E-state index contributed by atoms with van der Waals surface area (Å²) in [6.07, 6.45) is 0.936. The van der Waals surface area contributed by atoms with Crippen LogP contribution in [0, 0.1) is 23.4 Å². The lowest BCUT2D eigenvalue weighted by Gasteiger charge is -2.44. The van der Waals surface area contributed by atoms with E-state index in [0.717, 1.165) is 24.2 Å². The summed E-state index contributed by atoms with van der Waals surface area (Å²) >= 11 is 0. The van der Waals surface area contributed by atoms with Gasteiger partial charge in [-0.05, 0) is 73.0 Å². The van der Waals surface area contributed by atoms with Gasteiger partial charge in [0.2, 0.25) is 0 Å². The monoisotopic (exact) mass is 558 g/mol. The third kappa shape index (κ3) is 5.32. The lowest BCUT2D eigenvalue weighted by atomic mass is 9.83. The van der Waals surface area contributed by atoms with Gasteiger partial charge >= 0.3 is 0 Å². The highest BCUT2D eigenvalue weighted by Crippen LogP contribution is 2.39. The molecule has 2 aliphatic heterocycles. The van der Waals surface area contributed by atoms with Crippen LogP contribution in [0.4, 0.5) is 30.2 Å². The molecule has 2 aliphatic rings. The van der Waals surface area contributed by atoms with Crippen molar-refractivity contribution in [2.24, 2.45) is 5.92 Å². The molecule has 208 valence electrons. The minimum Gasteiger partial charge on any atom is -0.369 e. The predicted octanol–water partition coefficient (Wildman–Crippen LogP) is 5.39. The predicted molar refractivity (Wildman–Crippen MR) is 149 cm³/mol. The smallest absolute Gasteiger partial charge is 0.255 e. The normalized spacial score (nSPS) is 17.5. The van der Waals surface area contributed by atoms with Crippen LogP contribution in [-0.2, 0) is 6.54 Å². The summed E-state index contributed by atoms with van der Waals surface area (Å²) in [5.74, 6) is -3.35. The summed E-state index contributed by atoms with van der Waals surface area (Å²) in [7, 11) is 0. The number of aromatic nitrogens is 1. The van der Waals surface area contributed by atoms with E-state index in [1.54, 1.807) is 24.3 Å². The number of anilines is 3. The lowest BCUT2D eigenvalue weighted by molar-refractivity contribution is 0.101. The number of carbonyl (C=O) groups excluding carboxylic acids is 2. The third-order valence-corrected chi connectivity index (χ3v) is 7.61. The van der Waals surface area contributed by atoms with E-state index < -0.39 is 29.3 Å². The van der Waals surface area contributed by atoms with Gasteiger partial charge in [-0.15, -0.1) is 0 Å². The first-order chi connectivity index (χ1) is 19.7. The second kappa shape index (κ2) is 10.6. The summed E-state index contributed by atoms with van der Waals surface area (Å²) in [5, 5.41) is 5.41. The van der Waals surface area contributed by atoms with Crippen LogP contribution in [0.5, 0.6) is 0 Å². The molecule has 2 amide bonds. The van der Waals surface area contributed by atoms with Gasteiger partial charge in [0.25, 0.3) is 17.4 Å². The zero-order chi connectivity index (χ0) is 28.7. The average Bonchev–Trinajstić information content (AvgIpc) is 2.96. The number of hydrogen-bond acceptors (Lipinski definition) is 4. The molecule has 6 rings (SSSR count). The van der Waals surface area contributed by atoms with Gasteiger partial charge in [-0.3, -0.25) is 14.4 Å². The molecule has 1 saturated heterocycles. The largest absolute Gasteiger partial charge is 0.369 e. The Hall–Kier alpha value is -4.86. The molecule has 1 fully saturated rings. The molecule has 7 nitrogen and oxygen atoms in total. The summed E-state index contributed by atoms with van der Waals surface area (Å²) < 4.78 is 42.3. The molecule has 3 heterocycles. The van der Waals surface area contributed by atoms with Gasteiger partial charge in [0.1, 0.15) is 5.82 Å². The van der Waals surface area contributed by atoms with E-state index in [4.69, 9.17) is 0 Å². The SMILES string of the molecule is O=C(Nc1ccc(F)c(F)c1)c1ccc(N2CC3CC(C2)c2cccc(=O)n2C3)c(NC(=O)c2ccc(F)cc2)c1. The van der Waals surface area contributed by atoms with Crippen LogP contribution >= 0.6 is 0 Å². The maximum Gasteiger partial charge on any atom is 0.255 e. The van der Waals surface area contributed by atoms with Gasteiger partial charge in [-0.2, -0.15) is 0 Å². The number of rotatable bonds is 5. The van der Waals surface area contributed by atoms with Crippen LogP contribution in [0.15, 0.2) is 83.7 Å². The summed E-state index contributed by atoms with van der Waals surface area (Å²) in [6, 6.07) is 18.3. The maximum absolute atomic E-state index is 13.7. The first kappa shape index (κ1) is 26.4.